The van der Waals surface area contributed by atoms with Gasteiger partial charge in [0, 0.05) is 23.4 Å². The molecule has 6 rings (SSSR count). The van der Waals surface area contributed by atoms with Crippen molar-refractivity contribution in [2.75, 3.05) is 11.9 Å². The van der Waals surface area contributed by atoms with Crippen LogP contribution in [0.2, 0.25) is 0 Å². The molecule has 0 saturated heterocycles. The van der Waals surface area contributed by atoms with Crippen molar-refractivity contribution in [2.24, 2.45) is 10.9 Å². The van der Waals surface area contributed by atoms with Crippen molar-refractivity contribution in [3.63, 3.8) is 0 Å². The van der Waals surface area contributed by atoms with E-state index >= 15 is 0 Å². The summed E-state index contributed by atoms with van der Waals surface area (Å²) in [6.45, 7) is 2.64. The first kappa shape index (κ1) is 20.7. The lowest BCUT2D eigenvalue weighted by Gasteiger charge is -2.37. The molecule has 2 aliphatic rings. The summed E-state index contributed by atoms with van der Waals surface area (Å²) in [5.41, 5.74) is 5.94. The molecule has 3 heteroatoms. The van der Waals surface area contributed by atoms with Crippen LogP contribution in [-0.2, 0) is 0 Å². The van der Waals surface area contributed by atoms with Crippen LogP contribution in [0.3, 0.4) is 0 Å². The fraction of sp³-hybridized carbons (Fsp3) is 0.194. The van der Waals surface area contributed by atoms with E-state index in [0.717, 1.165) is 28.8 Å². The van der Waals surface area contributed by atoms with Gasteiger partial charge >= 0.3 is 0 Å². The predicted molar refractivity (Wildman–Crippen MR) is 142 cm³/mol. The molecule has 3 atom stereocenters. The fourth-order valence-electron chi connectivity index (χ4n) is 5.47. The normalized spacial score (nSPS) is 20.8. The van der Waals surface area contributed by atoms with Crippen LogP contribution < -0.4 is 10.1 Å². The zero-order valence-electron chi connectivity index (χ0n) is 19.3. The van der Waals surface area contributed by atoms with Crippen molar-refractivity contribution in [1.29, 1.82) is 0 Å². The van der Waals surface area contributed by atoms with Gasteiger partial charge in [-0.3, -0.25) is 4.99 Å². The Bertz CT molecular complexity index is 1390. The molecule has 0 bridgehead atoms. The summed E-state index contributed by atoms with van der Waals surface area (Å²) in [7, 11) is 0. The Hall–Kier alpha value is -3.85. The lowest BCUT2D eigenvalue weighted by Crippen LogP contribution is -2.28. The van der Waals surface area contributed by atoms with Crippen LogP contribution in [0, 0.1) is 5.92 Å². The van der Waals surface area contributed by atoms with Crippen molar-refractivity contribution in [1.82, 2.24) is 0 Å². The van der Waals surface area contributed by atoms with E-state index in [2.05, 4.69) is 96.3 Å². The molecule has 4 aromatic carbocycles. The Labute approximate surface area is 200 Å². The first-order chi connectivity index (χ1) is 16.8. The van der Waals surface area contributed by atoms with E-state index in [1.54, 1.807) is 0 Å². The number of nitrogens with one attached hydrogen (secondary N) is 1. The number of aliphatic imine (C=N–C) groups is 1. The molecule has 34 heavy (non-hydrogen) atoms. The molecule has 0 amide bonds. The number of hydrogen-bond donors (Lipinski definition) is 1. The first-order valence-electron chi connectivity index (χ1n) is 12.1. The smallest absolute Gasteiger partial charge is 0.128 e. The van der Waals surface area contributed by atoms with Gasteiger partial charge in [0.15, 0.2) is 0 Å². The molecule has 1 aliphatic heterocycles. The molecule has 0 spiro atoms. The van der Waals surface area contributed by atoms with Crippen LogP contribution >= 0.6 is 0 Å². The van der Waals surface area contributed by atoms with Crippen LogP contribution in [0.5, 0.6) is 5.75 Å². The number of hydrogen-bond acceptors (Lipinski definition) is 3. The maximum absolute atomic E-state index is 5.90. The van der Waals surface area contributed by atoms with Crippen LogP contribution in [-0.4, -0.2) is 12.8 Å². The molecule has 1 N–H and O–H groups in total. The van der Waals surface area contributed by atoms with Gasteiger partial charge in [-0.05, 0) is 65.4 Å². The molecule has 1 aliphatic carbocycles. The number of para-hydroxylation sites is 1. The van der Waals surface area contributed by atoms with Crippen molar-refractivity contribution >= 4 is 28.4 Å². The van der Waals surface area contributed by atoms with Crippen LogP contribution in [0.1, 0.15) is 42.0 Å². The highest BCUT2D eigenvalue weighted by molar-refractivity contribution is 6.03. The minimum absolute atomic E-state index is 0.301. The van der Waals surface area contributed by atoms with Gasteiger partial charge < -0.3 is 10.1 Å². The summed E-state index contributed by atoms with van der Waals surface area (Å²) in [6, 6.07) is 30.2. The Morgan fingerprint density at radius 2 is 1.76 bits per heavy atom. The molecule has 1 heterocycles. The summed E-state index contributed by atoms with van der Waals surface area (Å²) >= 11 is 0. The predicted octanol–water partition coefficient (Wildman–Crippen LogP) is 7.82. The Morgan fingerprint density at radius 3 is 2.65 bits per heavy atom. The summed E-state index contributed by atoms with van der Waals surface area (Å²) in [5, 5.41) is 6.15. The summed E-state index contributed by atoms with van der Waals surface area (Å²) in [4.78, 5) is 4.82. The van der Waals surface area contributed by atoms with Gasteiger partial charge in [0.2, 0.25) is 0 Å². The minimum Gasteiger partial charge on any atom is -0.493 e. The summed E-state index contributed by atoms with van der Waals surface area (Å²) in [5.74, 6) is 1.91. The molecule has 0 aromatic heterocycles. The average molecular weight is 445 g/mol. The minimum atomic E-state index is 0.301. The van der Waals surface area contributed by atoms with E-state index in [1.807, 2.05) is 19.2 Å². The third-order valence-electron chi connectivity index (χ3n) is 7.10. The van der Waals surface area contributed by atoms with Crippen LogP contribution in [0.4, 0.5) is 11.4 Å². The van der Waals surface area contributed by atoms with Gasteiger partial charge in [-0.2, -0.15) is 0 Å². The second kappa shape index (κ2) is 8.83. The standard InChI is InChI=1S/C31H28N2O/c1-2-34-30-19-16-21-8-3-4-9-24(21)28(30)20-32-23-17-14-22(15-18-23)31-27-12-7-11-25(27)26-10-5-6-13-29(26)33-31/h3-11,13-20,25,27,31,33H,2,12H2,1H3/t25-,27+,31-/m0/s1. The second-order valence-electron chi connectivity index (χ2n) is 9.04. The molecule has 0 fully saturated rings. The van der Waals surface area contributed by atoms with E-state index in [-0.39, 0.29) is 0 Å². The van der Waals surface area contributed by atoms with Crippen molar-refractivity contribution in [3.8, 4) is 5.75 Å². The van der Waals surface area contributed by atoms with Gasteiger partial charge in [0.25, 0.3) is 0 Å². The highest BCUT2D eigenvalue weighted by atomic mass is 16.5. The molecular formula is C31H28N2O. The molecule has 0 radical (unpaired) electrons. The van der Waals surface area contributed by atoms with Gasteiger partial charge in [0.1, 0.15) is 5.75 Å². The Kier molecular flexibility index (Phi) is 5.38. The molecule has 0 saturated carbocycles. The van der Waals surface area contributed by atoms with Gasteiger partial charge in [0.05, 0.1) is 18.3 Å². The number of nitrogens with zero attached hydrogens (tertiary/aromatic N) is 1. The largest absolute Gasteiger partial charge is 0.493 e. The monoisotopic (exact) mass is 444 g/mol. The van der Waals surface area contributed by atoms with Crippen LogP contribution in [0.25, 0.3) is 10.8 Å². The average Bonchev–Trinajstić information content (AvgIpc) is 3.38. The van der Waals surface area contributed by atoms with Crippen molar-refractivity contribution in [3.05, 3.63) is 114 Å². The third-order valence-corrected chi connectivity index (χ3v) is 7.10. The first-order valence-corrected chi connectivity index (χ1v) is 12.1. The third kappa shape index (κ3) is 3.67. The lowest BCUT2D eigenvalue weighted by atomic mass is 9.77. The molecular weight excluding hydrogens is 416 g/mol. The molecule has 168 valence electrons. The topological polar surface area (TPSA) is 33.6 Å². The summed E-state index contributed by atoms with van der Waals surface area (Å²) < 4.78 is 5.90. The number of fused-ring (bicyclic) bond motifs is 4. The summed E-state index contributed by atoms with van der Waals surface area (Å²) in [6.07, 6.45) is 7.77. The number of benzene rings is 4. The highest BCUT2D eigenvalue weighted by Gasteiger charge is 2.37. The molecule has 3 nitrogen and oxygen atoms in total. The fourth-order valence-corrected chi connectivity index (χ4v) is 5.47. The van der Waals surface area contributed by atoms with E-state index < -0.39 is 0 Å². The van der Waals surface area contributed by atoms with Crippen molar-refractivity contribution in [2.45, 2.75) is 25.3 Å². The maximum atomic E-state index is 5.90. The number of allylic oxidation sites excluding steroid dienone is 2. The number of ether oxygens (including phenoxy) is 1. The highest BCUT2D eigenvalue weighted by Crippen LogP contribution is 2.49. The zero-order valence-corrected chi connectivity index (χ0v) is 19.3. The van der Waals surface area contributed by atoms with Gasteiger partial charge in [-0.25, -0.2) is 0 Å². The lowest BCUT2D eigenvalue weighted by molar-refractivity contribution is 0.340. The quantitative estimate of drug-likeness (QED) is 0.251. The SMILES string of the molecule is CCOc1ccc2ccccc2c1C=Nc1ccc([C@@H]2Nc3ccccc3[C@@H]3C=CC[C@H]32)cc1. The second-order valence-corrected chi connectivity index (χ2v) is 9.04. The van der Waals surface area contributed by atoms with Crippen LogP contribution in [0.15, 0.2) is 102 Å². The van der Waals surface area contributed by atoms with E-state index in [4.69, 9.17) is 9.73 Å². The Balaban J connectivity index is 1.29. The van der Waals surface area contributed by atoms with E-state index in [1.165, 1.54) is 22.2 Å². The zero-order chi connectivity index (χ0) is 22.9. The van der Waals surface area contributed by atoms with Gasteiger partial charge in [-0.1, -0.05) is 72.8 Å². The Morgan fingerprint density at radius 1 is 0.941 bits per heavy atom. The van der Waals surface area contributed by atoms with E-state index in [0.29, 0.717) is 24.5 Å². The van der Waals surface area contributed by atoms with E-state index in [9.17, 15) is 0 Å². The maximum Gasteiger partial charge on any atom is 0.128 e. The number of rotatable bonds is 5. The van der Waals surface area contributed by atoms with Gasteiger partial charge in [-0.15, -0.1) is 0 Å². The number of anilines is 1. The molecule has 0 unspecified atom stereocenters. The van der Waals surface area contributed by atoms with Crippen molar-refractivity contribution < 1.29 is 4.74 Å². The molecule has 4 aromatic rings.